The third-order valence-electron chi connectivity index (χ3n) is 9.70. The normalized spacial score (nSPS) is 22.9. The molecule has 0 saturated carbocycles. The largest absolute Gasteiger partial charge is 0.462 e. The number of nitrogens with one attached hydrogen (secondary N) is 2. The van der Waals surface area contributed by atoms with Crippen LogP contribution in [0.3, 0.4) is 0 Å². The number of anilines is 2. The molecule has 2 fully saturated rings. The van der Waals surface area contributed by atoms with Gasteiger partial charge in [0.15, 0.2) is 5.57 Å². The van der Waals surface area contributed by atoms with Crippen molar-refractivity contribution in [2.75, 3.05) is 16.9 Å². The maximum absolute atomic E-state index is 14.4. The predicted molar refractivity (Wildman–Crippen MR) is 191 cm³/mol. The van der Waals surface area contributed by atoms with Crippen LogP contribution in [0.25, 0.3) is 0 Å². The molecule has 5 aliphatic rings. The molecule has 2 heterocycles. The first-order valence-electron chi connectivity index (χ1n) is 16.5. The number of ether oxygens (including phenoxy) is 1. The minimum atomic E-state index is -1.07. The summed E-state index contributed by atoms with van der Waals surface area (Å²) in [5.41, 5.74) is 9.81. The lowest BCUT2D eigenvalue weighted by Crippen LogP contribution is -2.65. The number of esters is 1. The van der Waals surface area contributed by atoms with E-state index in [2.05, 4.69) is 16.0 Å². The number of benzene rings is 4. The number of amidine groups is 1. The molecule has 2 saturated heterocycles. The first-order valence-corrected chi connectivity index (χ1v) is 17.3. The number of carbonyl (C=O) groups is 5. The highest BCUT2D eigenvalue weighted by molar-refractivity contribution is 8.19. The van der Waals surface area contributed by atoms with Gasteiger partial charge in [0.25, 0.3) is 16.9 Å². The first-order chi connectivity index (χ1) is 25.3. The number of thioether (sulfide) groups is 1. The van der Waals surface area contributed by atoms with Crippen LogP contribution >= 0.6 is 11.8 Å². The highest BCUT2D eigenvalue weighted by Crippen LogP contribution is 2.59. The van der Waals surface area contributed by atoms with E-state index < -0.39 is 52.1 Å². The van der Waals surface area contributed by atoms with Crippen LogP contribution in [-0.4, -0.2) is 46.3 Å². The number of hydrazine groups is 1. The highest BCUT2D eigenvalue weighted by atomic mass is 32.2. The monoisotopic (exact) mass is 708 g/mol. The maximum atomic E-state index is 14.4. The second kappa shape index (κ2) is 13.0. The highest BCUT2D eigenvalue weighted by Gasteiger charge is 2.59. The lowest BCUT2D eigenvalue weighted by atomic mass is 9.53. The van der Waals surface area contributed by atoms with Crippen LogP contribution in [0, 0.1) is 23.2 Å². The van der Waals surface area contributed by atoms with Gasteiger partial charge in [-0.3, -0.25) is 34.9 Å². The number of nitriles is 1. The Hall–Kier alpha value is -6.52. The first kappa shape index (κ1) is 32.7. The van der Waals surface area contributed by atoms with Gasteiger partial charge in [0.05, 0.1) is 29.7 Å². The van der Waals surface area contributed by atoms with E-state index >= 15 is 0 Å². The third kappa shape index (κ3) is 5.15. The Balaban J connectivity index is 1.15. The van der Waals surface area contributed by atoms with Crippen molar-refractivity contribution in [2.24, 2.45) is 16.9 Å². The molecule has 0 radical (unpaired) electrons. The van der Waals surface area contributed by atoms with Crippen LogP contribution in [-0.2, 0) is 23.9 Å². The van der Waals surface area contributed by atoms with Gasteiger partial charge >= 0.3 is 5.97 Å². The maximum Gasteiger partial charge on any atom is 0.338 e. The van der Waals surface area contributed by atoms with Crippen molar-refractivity contribution < 1.29 is 28.7 Å². The molecule has 4 aromatic carbocycles. The van der Waals surface area contributed by atoms with Crippen molar-refractivity contribution in [3.8, 4) is 6.07 Å². The fourth-order valence-corrected chi connectivity index (χ4v) is 8.50. The van der Waals surface area contributed by atoms with Gasteiger partial charge in [-0.15, -0.1) is 0 Å². The summed E-state index contributed by atoms with van der Waals surface area (Å²) in [6.07, 6.45) is 0. The van der Waals surface area contributed by atoms with E-state index in [0.717, 1.165) is 22.3 Å². The summed E-state index contributed by atoms with van der Waals surface area (Å²) in [6.45, 7) is 1.94. The molecular formula is C39H28N6O6S. The molecule has 3 aliphatic carbocycles. The number of hydrazone groups is 1. The van der Waals surface area contributed by atoms with Crippen molar-refractivity contribution in [3.05, 3.63) is 142 Å². The van der Waals surface area contributed by atoms with Gasteiger partial charge in [-0.05, 0) is 77.3 Å². The van der Waals surface area contributed by atoms with E-state index in [0.29, 0.717) is 33.7 Å². The minimum Gasteiger partial charge on any atom is -0.462 e. The second-order valence-electron chi connectivity index (χ2n) is 12.4. The van der Waals surface area contributed by atoms with E-state index in [9.17, 15) is 29.2 Å². The molecule has 2 N–H and O–H groups in total. The standard InChI is InChI=1S/C39H28N6O6S/c1-2-51-38(49)21-16-18-22(19-17-21)41-42-33-39(50)52-37(44(33)23-10-4-3-5-11-23)28(20-40)35(47)45-36(48)32-30-26-14-8-6-12-24(26)29(31(32)34(46)43-45)25-13-7-9-15-27(25)30/h3-19,29-32,41H,2H2,1H3,(H,43,46)/b37-28+,42-33-. The van der Waals surface area contributed by atoms with Gasteiger partial charge in [-0.1, -0.05) is 66.7 Å². The SMILES string of the molecule is CCOC(=O)c1ccc(N/N=C2/C(=O)S/C(=C(\C#N)C(=O)N3NC(=O)C4C5c6ccccc6C(c6ccccc65)C4C3=O)N2c2ccccc2)cc1. The number of imide groups is 1. The predicted octanol–water partition coefficient (Wildman–Crippen LogP) is 5.03. The van der Waals surface area contributed by atoms with Crippen molar-refractivity contribution in [2.45, 2.75) is 18.8 Å². The molecule has 2 atom stereocenters. The molecular weight excluding hydrogens is 681 g/mol. The number of para-hydroxylation sites is 1. The summed E-state index contributed by atoms with van der Waals surface area (Å²) >= 11 is 0.608. The Morgan fingerprint density at radius 1 is 0.846 bits per heavy atom. The topological polar surface area (TPSA) is 161 Å². The number of hydrogen-bond acceptors (Lipinski definition) is 10. The number of hydrogen-bond donors (Lipinski definition) is 2. The Labute approximate surface area is 301 Å². The summed E-state index contributed by atoms with van der Waals surface area (Å²) < 4.78 is 5.03. The average Bonchev–Trinajstić information content (AvgIpc) is 3.50. The lowest BCUT2D eigenvalue weighted by molar-refractivity contribution is -0.165. The Morgan fingerprint density at radius 3 is 2.00 bits per heavy atom. The van der Waals surface area contributed by atoms with Gasteiger partial charge in [-0.25, -0.2) is 4.79 Å². The van der Waals surface area contributed by atoms with Crippen molar-refractivity contribution in [1.82, 2.24) is 10.4 Å². The van der Waals surface area contributed by atoms with Crippen molar-refractivity contribution in [1.29, 1.82) is 5.26 Å². The average molecular weight is 709 g/mol. The quantitative estimate of drug-likeness (QED) is 0.120. The molecule has 3 amide bonds. The summed E-state index contributed by atoms with van der Waals surface area (Å²) in [5.74, 6) is -5.35. The Morgan fingerprint density at radius 2 is 1.42 bits per heavy atom. The Kier molecular flexibility index (Phi) is 8.16. The minimum absolute atomic E-state index is 0.0769. The summed E-state index contributed by atoms with van der Waals surface area (Å²) in [7, 11) is 0. The second-order valence-corrected chi connectivity index (χ2v) is 13.4. The number of amides is 3. The van der Waals surface area contributed by atoms with Gasteiger partial charge in [-0.2, -0.15) is 15.4 Å². The van der Waals surface area contributed by atoms with Gasteiger partial charge in [0.2, 0.25) is 11.7 Å². The van der Waals surface area contributed by atoms with Crippen molar-refractivity contribution in [3.63, 3.8) is 0 Å². The molecule has 2 bridgehead atoms. The van der Waals surface area contributed by atoms with Crippen LogP contribution in [0.1, 0.15) is 51.4 Å². The Bertz CT molecular complexity index is 2250. The zero-order chi connectivity index (χ0) is 36.1. The molecule has 52 heavy (non-hydrogen) atoms. The van der Waals surface area contributed by atoms with E-state index in [1.54, 1.807) is 61.5 Å². The molecule has 9 rings (SSSR count). The van der Waals surface area contributed by atoms with Gasteiger partial charge in [0.1, 0.15) is 11.1 Å². The lowest BCUT2D eigenvalue weighted by Gasteiger charge is -2.52. The number of rotatable bonds is 6. The molecule has 4 aromatic rings. The number of nitrogens with zero attached hydrogens (tertiary/aromatic N) is 4. The van der Waals surface area contributed by atoms with Crippen molar-refractivity contribution >= 4 is 57.8 Å². The molecule has 0 spiro atoms. The van der Waals surface area contributed by atoms with Gasteiger partial charge in [0, 0.05) is 17.5 Å². The summed E-state index contributed by atoms with van der Waals surface area (Å²) in [5, 5.41) is 14.8. The fraction of sp³-hybridized carbons (Fsp3) is 0.154. The van der Waals surface area contributed by atoms with Crippen LogP contribution in [0.4, 0.5) is 11.4 Å². The van der Waals surface area contributed by atoms with E-state index in [1.807, 2.05) is 54.6 Å². The van der Waals surface area contributed by atoms with E-state index in [4.69, 9.17) is 4.74 Å². The van der Waals surface area contributed by atoms with Crippen LogP contribution in [0.15, 0.2) is 119 Å². The smallest absolute Gasteiger partial charge is 0.338 e. The molecule has 256 valence electrons. The van der Waals surface area contributed by atoms with E-state index in [1.165, 1.54) is 4.90 Å². The van der Waals surface area contributed by atoms with Crippen LogP contribution < -0.4 is 15.8 Å². The molecule has 0 aromatic heterocycles. The third-order valence-corrected chi connectivity index (χ3v) is 10.6. The molecule has 2 unspecified atom stereocenters. The van der Waals surface area contributed by atoms with Crippen LogP contribution in [0.5, 0.6) is 0 Å². The summed E-state index contributed by atoms with van der Waals surface area (Å²) in [6, 6.07) is 32.2. The van der Waals surface area contributed by atoms with Crippen LogP contribution in [0.2, 0.25) is 0 Å². The zero-order valence-corrected chi connectivity index (χ0v) is 28.3. The molecule has 13 heteroatoms. The fourth-order valence-electron chi connectivity index (χ4n) is 7.58. The zero-order valence-electron chi connectivity index (χ0n) is 27.5. The molecule has 12 nitrogen and oxygen atoms in total. The summed E-state index contributed by atoms with van der Waals surface area (Å²) in [4.78, 5) is 69.7. The molecule has 2 aliphatic heterocycles. The number of carbonyl (C=O) groups excluding carboxylic acids is 5. The van der Waals surface area contributed by atoms with E-state index in [-0.39, 0.29) is 23.4 Å². The van der Waals surface area contributed by atoms with Gasteiger partial charge < -0.3 is 4.74 Å².